The molecular weight excluding hydrogens is 226 g/mol. The van der Waals surface area contributed by atoms with Gasteiger partial charge in [-0.25, -0.2) is 0 Å². The molecule has 2 rings (SSSR count). The average molecular weight is 241 g/mol. The van der Waals surface area contributed by atoms with Crippen LogP contribution in [0.5, 0.6) is 11.5 Å². The molecule has 92 valence electrons. The third-order valence-corrected chi connectivity index (χ3v) is 2.80. The van der Waals surface area contributed by atoms with Gasteiger partial charge < -0.3 is 9.94 Å². The summed E-state index contributed by atoms with van der Waals surface area (Å²) in [5.41, 5.74) is 3.28. The average Bonchev–Trinajstić information content (AvgIpc) is 2.37. The van der Waals surface area contributed by atoms with E-state index in [1.807, 2.05) is 42.5 Å². The van der Waals surface area contributed by atoms with Crippen molar-refractivity contribution < 1.29 is 9.94 Å². The second-order valence-corrected chi connectivity index (χ2v) is 4.16. The summed E-state index contributed by atoms with van der Waals surface area (Å²) in [5, 5.41) is 11.4. The van der Waals surface area contributed by atoms with Crippen LogP contribution in [0.3, 0.4) is 0 Å². The van der Waals surface area contributed by atoms with E-state index in [2.05, 4.69) is 19.0 Å². The van der Waals surface area contributed by atoms with Crippen molar-refractivity contribution in [1.29, 1.82) is 0 Å². The first-order valence-electron chi connectivity index (χ1n) is 5.71. The van der Waals surface area contributed by atoms with Crippen molar-refractivity contribution >= 4 is 6.21 Å². The number of oxime groups is 1. The Labute approximate surface area is 106 Å². The van der Waals surface area contributed by atoms with Gasteiger partial charge in [0.15, 0.2) is 0 Å². The fourth-order valence-corrected chi connectivity index (χ4v) is 1.60. The van der Waals surface area contributed by atoms with Crippen LogP contribution in [0.2, 0.25) is 0 Å². The smallest absolute Gasteiger partial charge is 0.127 e. The predicted molar refractivity (Wildman–Crippen MR) is 71.8 cm³/mol. The molecule has 0 spiro atoms. The van der Waals surface area contributed by atoms with Crippen LogP contribution in [0.4, 0.5) is 0 Å². The summed E-state index contributed by atoms with van der Waals surface area (Å²) < 4.78 is 5.74. The molecule has 0 atom stereocenters. The van der Waals surface area contributed by atoms with Crippen molar-refractivity contribution in [1.82, 2.24) is 0 Å². The van der Waals surface area contributed by atoms with Gasteiger partial charge in [-0.15, -0.1) is 0 Å². The maximum atomic E-state index is 8.42. The fraction of sp³-hybridized carbons (Fsp3) is 0.133. The number of rotatable bonds is 3. The molecule has 0 saturated carbocycles. The Hall–Kier alpha value is -2.29. The lowest BCUT2D eigenvalue weighted by Crippen LogP contribution is -1.87. The highest BCUT2D eigenvalue weighted by Gasteiger charge is 1.99. The van der Waals surface area contributed by atoms with Gasteiger partial charge in [0, 0.05) is 0 Å². The number of ether oxygens (including phenoxy) is 1. The maximum absolute atomic E-state index is 8.42. The van der Waals surface area contributed by atoms with Crippen molar-refractivity contribution in [2.75, 3.05) is 0 Å². The molecule has 0 aliphatic carbocycles. The highest BCUT2D eigenvalue weighted by molar-refractivity contribution is 5.79. The summed E-state index contributed by atoms with van der Waals surface area (Å²) >= 11 is 0. The first-order chi connectivity index (χ1) is 8.69. The van der Waals surface area contributed by atoms with Crippen LogP contribution in [0, 0.1) is 13.8 Å². The number of hydrogen-bond acceptors (Lipinski definition) is 3. The number of aryl methyl sites for hydroxylation is 2. The van der Waals surface area contributed by atoms with Crippen LogP contribution >= 0.6 is 0 Å². The van der Waals surface area contributed by atoms with Crippen molar-refractivity contribution in [3.8, 4) is 11.5 Å². The molecule has 18 heavy (non-hydrogen) atoms. The molecule has 0 saturated heterocycles. The summed E-state index contributed by atoms with van der Waals surface area (Å²) in [7, 11) is 0. The van der Waals surface area contributed by atoms with Gasteiger partial charge in [0.1, 0.15) is 11.5 Å². The third kappa shape index (κ3) is 2.88. The van der Waals surface area contributed by atoms with Crippen LogP contribution in [-0.2, 0) is 0 Å². The minimum atomic E-state index is 0.758. The molecule has 0 radical (unpaired) electrons. The normalized spacial score (nSPS) is 10.8. The van der Waals surface area contributed by atoms with Crippen LogP contribution in [0.1, 0.15) is 16.7 Å². The van der Waals surface area contributed by atoms with Gasteiger partial charge in [0.05, 0.1) is 6.21 Å². The zero-order valence-electron chi connectivity index (χ0n) is 10.4. The highest BCUT2D eigenvalue weighted by atomic mass is 16.5. The number of benzene rings is 2. The molecule has 2 aromatic carbocycles. The first-order valence-corrected chi connectivity index (χ1v) is 5.71. The molecule has 0 heterocycles. The summed E-state index contributed by atoms with van der Waals surface area (Å²) in [6.45, 7) is 4.13. The summed E-state index contributed by atoms with van der Waals surface area (Å²) in [5.74, 6) is 1.58. The molecule has 0 fully saturated rings. The Balaban J connectivity index is 2.15. The summed E-state index contributed by atoms with van der Waals surface area (Å²) in [6, 6.07) is 13.3. The molecule has 3 nitrogen and oxygen atoms in total. The van der Waals surface area contributed by atoms with E-state index in [9.17, 15) is 0 Å². The molecule has 0 amide bonds. The number of hydrogen-bond donors (Lipinski definition) is 1. The van der Waals surface area contributed by atoms with Gasteiger partial charge in [-0.1, -0.05) is 11.2 Å². The predicted octanol–water partition coefficient (Wildman–Crippen LogP) is 3.90. The standard InChI is InChI=1S/C15H15NO2/c1-11-3-6-15(9-12(11)2)18-14-7-4-13(5-8-14)10-16-17/h3-10,17H,1-2H3. The Morgan fingerprint density at radius 1 is 0.944 bits per heavy atom. The van der Waals surface area contributed by atoms with Gasteiger partial charge in [0.2, 0.25) is 0 Å². The minimum absolute atomic E-state index is 0.758. The Morgan fingerprint density at radius 2 is 1.61 bits per heavy atom. The van der Waals surface area contributed by atoms with Gasteiger partial charge in [-0.05, 0) is 66.9 Å². The summed E-state index contributed by atoms with van der Waals surface area (Å²) in [4.78, 5) is 0. The Bertz CT molecular complexity index is 559. The topological polar surface area (TPSA) is 41.8 Å². The highest BCUT2D eigenvalue weighted by Crippen LogP contribution is 2.23. The Morgan fingerprint density at radius 3 is 2.22 bits per heavy atom. The van der Waals surface area contributed by atoms with E-state index in [0.29, 0.717) is 0 Å². The van der Waals surface area contributed by atoms with Gasteiger partial charge >= 0.3 is 0 Å². The van der Waals surface area contributed by atoms with Crippen LogP contribution < -0.4 is 4.74 Å². The minimum Gasteiger partial charge on any atom is -0.457 e. The van der Waals surface area contributed by atoms with Crippen molar-refractivity contribution in [2.45, 2.75) is 13.8 Å². The zero-order valence-corrected chi connectivity index (χ0v) is 10.4. The summed E-state index contributed by atoms with van der Waals surface area (Å²) in [6.07, 6.45) is 1.37. The maximum Gasteiger partial charge on any atom is 0.127 e. The molecule has 3 heteroatoms. The molecule has 0 unspecified atom stereocenters. The molecule has 0 aromatic heterocycles. The van der Waals surface area contributed by atoms with Crippen molar-refractivity contribution in [3.05, 3.63) is 59.2 Å². The van der Waals surface area contributed by atoms with E-state index in [4.69, 9.17) is 9.94 Å². The third-order valence-electron chi connectivity index (χ3n) is 2.80. The molecule has 1 N–H and O–H groups in total. The van der Waals surface area contributed by atoms with E-state index in [0.717, 1.165) is 17.1 Å². The lowest BCUT2D eigenvalue weighted by molar-refractivity contribution is 0.322. The molecule has 0 bridgehead atoms. The molecule has 0 aliphatic rings. The fourth-order valence-electron chi connectivity index (χ4n) is 1.60. The van der Waals surface area contributed by atoms with E-state index < -0.39 is 0 Å². The van der Waals surface area contributed by atoms with E-state index >= 15 is 0 Å². The lowest BCUT2D eigenvalue weighted by Gasteiger charge is -2.08. The van der Waals surface area contributed by atoms with E-state index in [1.54, 1.807) is 0 Å². The molecule has 0 aliphatic heterocycles. The second kappa shape index (κ2) is 5.36. The number of nitrogens with zero attached hydrogens (tertiary/aromatic N) is 1. The van der Waals surface area contributed by atoms with Crippen LogP contribution in [0.15, 0.2) is 47.6 Å². The van der Waals surface area contributed by atoms with E-state index in [-0.39, 0.29) is 0 Å². The van der Waals surface area contributed by atoms with Gasteiger partial charge in [-0.3, -0.25) is 0 Å². The first kappa shape index (κ1) is 12.2. The van der Waals surface area contributed by atoms with Crippen molar-refractivity contribution in [3.63, 3.8) is 0 Å². The van der Waals surface area contributed by atoms with E-state index in [1.165, 1.54) is 17.3 Å². The molecular formula is C15H15NO2. The molecule has 2 aromatic rings. The monoisotopic (exact) mass is 241 g/mol. The van der Waals surface area contributed by atoms with Crippen molar-refractivity contribution in [2.24, 2.45) is 5.16 Å². The Kier molecular flexibility index (Phi) is 3.63. The second-order valence-electron chi connectivity index (χ2n) is 4.16. The quantitative estimate of drug-likeness (QED) is 0.503. The van der Waals surface area contributed by atoms with Gasteiger partial charge in [0.25, 0.3) is 0 Å². The van der Waals surface area contributed by atoms with Crippen LogP contribution in [-0.4, -0.2) is 11.4 Å². The van der Waals surface area contributed by atoms with Crippen LogP contribution in [0.25, 0.3) is 0 Å². The largest absolute Gasteiger partial charge is 0.457 e. The zero-order chi connectivity index (χ0) is 13.0. The lowest BCUT2D eigenvalue weighted by atomic mass is 10.1. The SMILES string of the molecule is Cc1ccc(Oc2ccc(C=NO)cc2)cc1C. The van der Waals surface area contributed by atoms with Gasteiger partial charge in [-0.2, -0.15) is 0 Å².